The van der Waals surface area contributed by atoms with Crippen LogP contribution in [-0.4, -0.2) is 5.97 Å². The van der Waals surface area contributed by atoms with E-state index in [4.69, 9.17) is 4.74 Å². The third kappa shape index (κ3) is 3.96. The number of carbonyl (C=O) groups excluding carboxylic acids is 1. The molecule has 2 rings (SSSR count). The first kappa shape index (κ1) is 14.8. The Morgan fingerprint density at radius 3 is 2.45 bits per heavy atom. The summed E-state index contributed by atoms with van der Waals surface area (Å²) in [7, 11) is 0. The van der Waals surface area contributed by atoms with Crippen LogP contribution < -0.4 is 4.74 Å². The molecule has 0 N–H and O–H groups in total. The van der Waals surface area contributed by atoms with Gasteiger partial charge in [0.05, 0.1) is 0 Å². The summed E-state index contributed by atoms with van der Waals surface area (Å²) >= 11 is 0. The topological polar surface area (TPSA) is 26.3 Å². The Morgan fingerprint density at radius 2 is 1.85 bits per heavy atom. The zero-order valence-electron chi connectivity index (χ0n) is 12.3. The van der Waals surface area contributed by atoms with E-state index in [9.17, 15) is 4.79 Å². The summed E-state index contributed by atoms with van der Waals surface area (Å²) in [6.45, 7) is 6.21. The highest BCUT2D eigenvalue weighted by Gasteiger charge is 2.26. The molecule has 0 radical (unpaired) electrons. The van der Waals surface area contributed by atoms with E-state index in [2.05, 4.69) is 13.5 Å². The van der Waals surface area contributed by atoms with Gasteiger partial charge < -0.3 is 4.74 Å². The van der Waals surface area contributed by atoms with Crippen molar-refractivity contribution in [2.45, 2.75) is 45.4 Å². The molecule has 0 unspecified atom stereocenters. The van der Waals surface area contributed by atoms with Crippen molar-refractivity contribution in [2.75, 3.05) is 0 Å². The van der Waals surface area contributed by atoms with Gasteiger partial charge in [0.1, 0.15) is 5.75 Å². The lowest BCUT2D eigenvalue weighted by molar-refractivity contribution is -0.130. The Hall–Kier alpha value is -1.57. The molecule has 1 saturated carbocycles. The van der Waals surface area contributed by atoms with E-state index in [0.717, 1.165) is 18.8 Å². The van der Waals surface area contributed by atoms with Gasteiger partial charge in [0.15, 0.2) is 0 Å². The Balaban J connectivity index is 1.84. The Morgan fingerprint density at radius 1 is 1.20 bits per heavy atom. The maximum atomic E-state index is 12.1. The van der Waals surface area contributed by atoms with Gasteiger partial charge in [-0.1, -0.05) is 44.5 Å². The molecule has 1 aromatic carbocycles. The molecular weight excluding hydrogens is 248 g/mol. The third-order valence-corrected chi connectivity index (χ3v) is 4.25. The number of hydrogen-bond donors (Lipinski definition) is 0. The van der Waals surface area contributed by atoms with E-state index >= 15 is 0 Å². The molecule has 0 heterocycles. The van der Waals surface area contributed by atoms with Crippen LogP contribution in [0.4, 0.5) is 0 Å². The molecule has 2 nitrogen and oxygen atoms in total. The quantitative estimate of drug-likeness (QED) is 0.439. The molecule has 20 heavy (non-hydrogen) atoms. The fourth-order valence-electron chi connectivity index (χ4n) is 3.04. The Kier molecular flexibility index (Phi) is 5.40. The van der Waals surface area contributed by atoms with Crippen molar-refractivity contribution in [3.8, 4) is 5.75 Å². The monoisotopic (exact) mass is 272 g/mol. The molecule has 0 spiro atoms. The lowest BCUT2D eigenvalue weighted by Crippen LogP contribution is -2.22. The number of carbonyl (C=O) groups is 1. The zero-order valence-corrected chi connectivity index (χ0v) is 12.3. The van der Waals surface area contributed by atoms with E-state index in [1.165, 1.54) is 25.7 Å². The van der Waals surface area contributed by atoms with Gasteiger partial charge in [0, 0.05) is 5.57 Å². The fraction of sp³-hybridized carbons (Fsp3) is 0.500. The van der Waals surface area contributed by atoms with Gasteiger partial charge in [0.2, 0.25) is 0 Å². The molecule has 1 fully saturated rings. The van der Waals surface area contributed by atoms with Gasteiger partial charge in [-0.25, -0.2) is 4.79 Å². The number of rotatable bonds is 5. The van der Waals surface area contributed by atoms with E-state index < -0.39 is 0 Å². The Labute approximate surface area is 121 Å². The molecule has 0 bridgehead atoms. The highest BCUT2D eigenvalue weighted by atomic mass is 16.5. The van der Waals surface area contributed by atoms with E-state index in [-0.39, 0.29) is 5.97 Å². The highest BCUT2D eigenvalue weighted by Crippen LogP contribution is 2.35. The van der Waals surface area contributed by atoms with E-state index in [0.29, 0.717) is 17.2 Å². The predicted molar refractivity (Wildman–Crippen MR) is 81.6 cm³/mol. The van der Waals surface area contributed by atoms with Crippen LogP contribution >= 0.6 is 0 Å². The van der Waals surface area contributed by atoms with Gasteiger partial charge in [-0.15, -0.1) is 0 Å². The van der Waals surface area contributed by atoms with Crippen molar-refractivity contribution in [2.24, 2.45) is 11.8 Å². The van der Waals surface area contributed by atoms with Crippen molar-refractivity contribution in [1.82, 2.24) is 0 Å². The fourth-order valence-corrected chi connectivity index (χ4v) is 3.04. The van der Waals surface area contributed by atoms with Crippen LogP contribution in [-0.2, 0) is 4.79 Å². The van der Waals surface area contributed by atoms with Crippen LogP contribution in [0.3, 0.4) is 0 Å². The molecule has 1 aliphatic carbocycles. The standard InChI is InChI=1S/C18H24O2/c1-3-7-15-10-12-16(13-11-15)14(2)18(19)20-17-8-5-4-6-9-17/h4-6,8-9,15-16H,2-3,7,10-13H2,1H3. The van der Waals surface area contributed by atoms with Crippen LogP contribution in [0.2, 0.25) is 0 Å². The zero-order chi connectivity index (χ0) is 14.4. The SMILES string of the molecule is C=C(C(=O)Oc1ccccc1)C1CCC(CCC)CC1. The summed E-state index contributed by atoms with van der Waals surface area (Å²) in [5.74, 6) is 1.47. The predicted octanol–water partition coefficient (Wildman–Crippen LogP) is 4.75. The average molecular weight is 272 g/mol. The molecule has 0 atom stereocenters. The van der Waals surface area contributed by atoms with Crippen LogP contribution in [0.1, 0.15) is 45.4 Å². The molecule has 108 valence electrons. The van der Waals surface area contributed by atoms with Crippen molar-refractivity contribution in [3.63, 3.8) is 0 Å². The summed E-state index contributed by atoms with van der Waals surface area (Å²) in [6, 6.07) is 9.22. The molecule has 2 heteroatoms. The smallest absolute Gasteiger partial charge is 0.339 e. The van der Waals surface area contributed by atoms with Crippen molar-refractivity contribution in [1.29, 1.82) is 0 Å². The molecule has 1 aliphatic rings. The summed E-state index contributed by atoms with van der Waals surface area (Å²) < 4.78 is 5.37. The van der Waals surface area contributed by atoms with Crippen molar-refractivity contribution < 1.29 is 9.53 Å². The van der Waals surface area contributed by atoms with Gasteiger partial charge in [-0.3, -0.25) is 0 Å². The van der Waals surface area contributed by atoms with E-state index in [1.54, 1.807) is 12.1 Å². The molecule has 0 amide bonds. The average Bonchev–Trinajstić information content (AvgIpc) is 2.48. The van der Waals surface area contributed by atoms with Crippen molar-refractivity contribution >= 4 is 5.97 Å². The van der Waals surface area contributed by atoms with Crippen LogP contribution in [0.5, 0.6) is 5.75 Å². The van der Waals surface area contributed by atoms with Gasteiger partial charge in [0.25, 0.3) is 0 Å². The number of esters is 1. The van der Waals surface area contributed by atoms with E-state index in [1.807, 2.05) is 18.2 Å². The van der Waals surface area contributed by atoms with Gasteiger partial charge >= 0.3 is 5.97 Å². The molecule has 1 aromatic rings. The summed E-state index contributed by atoms with van der Waals surface area (Å²) in [6.07, 6.45) is 7.16. The number of hydrogen-bond acceptors (Lipinski definition) is 2. The number of ether oxygens (including phenoxy) is 1. The van der Waals surface area contributed by atoms with Gasteiger partial charge in [-0.2, -0.15) is 0 Å². The second-order valence-electron chi connectivity index (χ2n) is 5.73. The second kappa shape index (κ2) is 7.28. The lowest BCUT2D eigenvalue weighted by Gasteiger charge is -2.28. The Bertz CT molecular complexity index is 442. The lowest BCUT2D eigenvalue weighted by atomic mass is 9.77. The normalized spacial score (nSPS) is 22.2. The minimum atomic E-state index is -0.268. The maximum Gasteiger partial charge on any atom is 0.339 e. The first-order chi connectivity index (χ1) is 9.70. The van der Waals surface area contributed by atoms with Crippen LogP contribution in [0, 0.1) is 11.8 Å². The summed E-state index contributed by atoms with van der Waals surface area (Å²) in [4.78, 5) is 12.1. The van der Waals surface area contributed by atoms with Crippen molar-refractivity contribution in [3.05, 3.63) is 42.5 Å². The highest BCUT2D eigenvalue weighted by molar-refractivity contribution is 5.90. The molecule has 0 saturated heterocycles. The van der Waals surface area contributed by atoms with Gasteiger partial charge in [-0.05, 0) is 49.7 Å². The first-order valence-corrected chi connectivity index (χ1v) is 7.66. The summed E-state index contributed by atoms with van der Waals surface area (Å²) in [5, 5.41) is 0. The van der Waals surface area contributed by atoms with Crippen LogP contribution in [0.25, 0.3) is 0 Å². The largest absolute Gasteiger partial charge is 0.423 e. The third-order valence-electron chi connectivity index (χ3n) is 4.25. The minimum absolute atomic E-state index is 0.268. The molecular formula is C18H24O2. The first-order valence-electron chi connectivity index (χ1n) is 7.66. The number of benzene rings is 1. The number of para-hydroxylation sites is 1. The summed E-state index contributed by atoms with van der Waals surface area (Å²) in [5.41, 5.74) is 0.642. The second-order valence-corrected chi connectivity index (χ2v) is 5.73. The maximum absolute atomic E-state index is 12.1. The van der Waals surface area contributed by atoms with Crippen LogP contribution in [0.15, 0.2) is 42.5 Å². The molecule has 0 aromatic heterocycles. The minimum Gasteiger partial charge on any atom is -0.423 e. The molecule has 0 aliphatic heterocycles.